The van der Waals surface area contributed by atoms with E-state index in [0.717, 1.165) is 16.8 Å². The van der Waals surface area contributed by atoms with Crippen molar-refractivity contribution in [3.63, 3.8) is 0 Å². The molecule has 0 bridgehead atoms. The lowest BCUT2D eigenvalue weighted by molar-refractivity contribution is -0.116. The minimum absolute atomic E-state index is 0.0152. The lowest BCUT2D eigenvalue weighted by atomic mass is 10.1. The van der Waals surface area contributed by atoms with E-state index in [1.54, 1.807) is 12.1 Å². The molecule has 0 fully saturated rings. The summed E-state index contributed by atoms with van der Waals surface area (Å²) in [5.74, 6) is -0.254. The fourth-order valence-corrected chi connectivity index (χ4v) is 2.20. The summed E-state index contributed by atoms with van der Waals surface area (Å²) in [7, 11) is 0. The highest BCUT2D eigenvalue weighted by molar-refractivity contribution is 5.91. The Kier molecular flexibility index (Phi) is 5.67. The molecular formula is C18H21FN2O. The second kappa shape index (κ2) is 7.71. The number of rotatable bonds is 6. The average Bonchev–Trinajstić information content (AvgIpc) is 2.48. The third kappa shape index (κ3) is 4.97. The maximum Gasteiger partial charge on any atom is 0.225 e. The van der Waals surface area contributed by atoms with Crippen LogP contribution in [0.25, 0.3) is 0 Å². The van der Waals surface area contributed by atoms with Crippen molar-refractivity contribution in [2.75, 3.05) is 11.9 Å². The molecule has 0 atom stereocenters. The Hall–Kier alpha value is -2.20. The van der Waals surface area contributed by atoms with E-state index in [0.29, 0.717) is 19.5 Å². The monoisotopic (exact) mass is 300 g/mol. The normalized spacial score (nSPS) is 10.5. The van der Waals surface area contributed by atoms with Crippen LogP contribution in [0.5, 0.6) is 0 Å². The Morgan fingerprint density at radius 2 is 1.82 bits per heavy atom. The van der Waals surface area contributed by atoms with Gasteiger partial charge < -0.3 is 10.6 Å². The van der Waals surface area contributed by atoms with E-state index >= 15 is 0 Å². The molecule has 0 unspecified atom stereocenters. The van der Waals surface area contributed by atoms with Crippen molar-refractivity contribution in [1.82, 2.24) is 5.32 Å². The summed E-state index contributed by atoms with van der Waals surface area (Å²) in [5, 5.41) is 6.09. The smallest absolute Gasteiger partial charge is 0.225 e. The standard InChI is InChI=1S/C18H21FN2O/c1-13-3-8-17(14(2)11-13)21-18(22)9-10-20-12-15-4-6-16(19)7-5-15/h3-8,11,20H,9-10,12H2,1-2H3,(H,21,22). The van der Waals surface area contributed by atoms with Gasteiger partial charge in [0, 0.05) is 25.2 Å². The van der Waals surface area contributed by atoms with Gasteiger partial charge in [-0.05, 0) is 43.2 Å². The highest BCUT2D eigenvalue weighted by Crippen LogP contribution is 2.16. The van der Waals surface area contributed by atoms with Crippen LogP contribution in [0, 0.1) is 19.7 Å². The number of benzene rings is 2. The third-order valence-corrected chi connectivity index (χ3v) is 3.43. The first-order valence-corrected chi connectivity index (χ1v) is 7.37. The summed E-state index contributed by atoms with van der Waals surface area (Å²) in [4.78, 5) is 11.9. The second-order valence-electron chi connectivity index (χ2n) is 5.42. The predicted octanol–water partition coefficient (Wildman–Crippen LogP) is 3.56. The molecular weight excluding hydrogens is 279 g/mol. The molecule has 2 rings (SSSR count). The summed E-state index contributed by atoms with van der Waals surface area (Å²) >= 11 is 0. The Morgan fingerprint density at radius 1 is 1.09 bits per heavy atom. The predicted molar refractivity (Wildman–Crippen MR) is 87.3 cm³/mol. The van der Waals surface area contributed by atoms with Gasteiger partial charge in [0.1, 0.15) is 5.82 Å². The van der Waals surface area contributed by atoms with Crippen molar-refractivity contribution >= 4 is 11.6 Å². The van der Waals surface area contributed by atoms with E-state index in [-0.39, 0.29) is 11.7 Å². The molecule has 0 saturated carbocycles. The van der Waals surface area contributed by atoms with Crippen LogP contribution >= 0.6 is 0 Å². The largest absolute Gasteiger partial charge is 0.326 e. The lowest BCUT2D eigenvalue weighted by Crippen LogP contribution is -2.21. The summed E-state index contributed by atoms with van der Waals surface area (Å²) in [6.45, 7) is 5.21. The topological polar surface area (TPSA) is 41.1 Å². The number of amides is 1. The van der Waals surface area contributed by atoms with Gasteiger partial charge in [-0.3, -0.25) is 4.79 Å². The molecule has 0 radical (unpaired) electrons. The van der Waals surface area contributed by atoms with Gasteiger partial charge in [-0.25, -0.2) is 4.39 Å². The number of anilines is 1. The lowest BCUT2D eigenvalue weighted by Gasteiger charge is -2.09. The molecule has 3 nitrogen and oxygen atoms in total. The number of carbonyl (C=O) groups excluding carboxylic acids is 1. The molecule has 0 spiro atoms. The average molecular weight is 300 g/mol. The van der Waals surface area contributed by atoms with Crippen LogP contribution < -0.4 is 10.6 Å². The fourth-order valence-electron chi connectivity index (χ4n) is 2.20. The number of halogens is 1. The third-order valence-electron chi connectivity index (χ3n) is 3.43. The van der Waals surface area contributed by atoms with Crippen LogP contribution in [0.15, 0.2) is 42.5 Å². The summed E-state index contributed by atoms with van der Waals surface area (Å²) < 4.78 is 12.8. The fraction of sp³-hybridized carbons (Fsp3) is 0.278. The van der Waals surface area contributed by atoms with Crippen LogP contribution in [-0.4, -0.2) is 12.5 Å². The van der Waals surface area contributed by atoms with Crippen LogP contribution in [0.1, 0.15) is 23.1 Å². The van der Waals surface area contributed by atoms with Crippen molar-refractivity contribution in [2.45, 2.75) is 26.8 Å². The van der Waals surface area contributed by atoms with E-state index in [1.165, 1.54) is 17.7 Å². The highest BCUT2D eigenvalue weighted by Gasteiger charge is 2.04. The van der Waals surface area contributed by atoms with E-state index in [1.807, 2.05) is 32.0 Å². The van der Waals surface area contributed by atoms with E-state index in [4.69, 9.17) is 0 Å². The van der Waals surface area contributed by atoms with Crippen molar-refractivity contribution in [3.05, 3.63) is 65.0 Å². The molecule has 22 heavy (non-hydrogen) atoms. The van der Waals surface area contributed by atoms with E-state index < -0.39 is 0 Å². The molecule has 0 heterocycles. The van der Waals surface area contributed by atoms with Gasteiger partial charge in [-0.2, -0.15) is 0 Å². The molecule has 0 aliphatic heterocycles. The molecule has 2 N–H and O–H groups in total. The second-order valence-corrected chi connectivity index (χ2v) is 5.42. The molecule has 0 aliphatic carbocycles. The summed E-state index contributed by atoms with van der Waals surface area (Å²) in [5.41, 5.74) is 4.09. The maximum atomic E-state index is 12.8. The SMILES string of the molecule is Cc1ccc(NC(=O)CCNCc2ccc(F)cc2)c(C)c1. The molecule has 0 saturated heterocycles. The molecule has 0 aromatic heterocycles. The van der Waals surface area contributed by atoms with Crippen LogP contribution in [0.4, 0.5) is 10.1 Å². The van der Waals surface area contributed by atoms with E-state index in [9.17, 15) is 9.18 Å². The number of nitrogens with one attached hydrogen (secondary N) is 2. The summed E-state index contributed by atoms with van der Waals surface area (Å²) in [6, 6.07) is 12.3. The molecule has 0 aliphatic rings. The minimum atomic E-state index is -0.239. The first-order valence-electron chi connectivity index (χ1n) is 7.37. The van der Waals surface area contributed by atoms with Crippen molar-refractivity contribution in [2.24, 2.45) is 0 Å². The Bertz CT molecular complexity index is 638. The van der Waals surface area contributed by atoms with Gasteiger partial charge in [-0.15, -0.1) is 0 Å². The zero-order valence-corrected chi connectivity index (χ0v) is 12.9. The quantitative estimate of drug-likeness (QED) is 0.801. The van der Waals surface area contributed by atoms with Gasteiger partial charge in [0.2, 0.25) is 5.91 Å². The Balaban J connectivity index is 1.72. The van der Waals surface area contributed by atoms with E-state index in [2.05, 4.69) is 10.6 Å². The molecule has 2 aromatic rings. The van der Waals surface area contributed by atoms with Gasteiger partial charge in [0.05, 0.1) is 0 Å². The van der Waals surface area contributed by atoms with Gasteiger partial charge in [0.25, 0.3) is 0 Å². The number of hydrogen-bond acceptors (Lipinski definition) is 2. The van der Waals surface area contributed by atoms with Crippen LogP contribution in [-0.2, 0) is 11.3 Å². The highest BCUT2D eigenvalue weighted by atomic mass is 19.1. The molecule has 116 valence electrons. The van der Waals surface area contributed by atoms with Crippen molar-refractivity contribution < 1.29 is 9.18 Å². The number of aryl methyl sites for hydroxylation is 2. The van der Waals surface area contributed by atoms with Crippen LogP contribution in [0.3, 0.4) is 0 Å². The summed E-state index contributed by atoms with van der Waals surface area (Å²) in [6.07, 6.45) is 0.397. The minimum Gasteiger partial charge on any atom is -0.326 e. The first-order chi connectivity index (χ1) is 10.5. The van der Waals surface area contributed by atoms with Gasteiger partial charge >= 0.3 is 0 Å². The van der Waals surface area contributed by atoms with Gasteiger partial charge in [0.15, 0.2) is 0 Å². The maximum absolute atomic E-state index is 12.8. The van der Waals surface area contributed by atoms with Crippen molar-refractivity contribution in [3.8, 4) is 0 Å². The Labute approximate surface area is 130 Å². The van der Waals surface area contributed by atoms with Crippen LogP contribution in [0.2, 0.25) is 0 Å². The number of hydrogen-bond donors (Lipinski definition) is 2. The van der Waals surface area contributed by atoms with Crippen molar-refractivity contribution in [1.29, 1.82) is 0 Å². The zero-order chi connectivity index (χ0) is 15.9. The number of carbonyl (C=O) groups is 1. The zero-order valence-electron chi connectivity index (χ0n) is 12.9. The Morgan fingerprint density at radius 3 is 2.50 bits per heavy atom. The molecule has 2 aromatic carbocycles. The molecule has 4 heteroatoms. The molecule has 1 amide bonds. The van der Waals surface area contributed by atoms with Gasteiger partial charge in [-0.1, -0.05) is 29.8 Å². The first kappa shape index (κ1) is 16.2.